The van der Waals surface area contributed by atoms with Crippen LogP contribution in [0.25, 0.3) is 0 Å². The van der Waals surface area contributed by atoms with Crippen molar-refractivity contribution in [1.82, 2.24) is 4.90 Å². The van der Waals surface area contributed by atoms with Crippen LogP contribution in [0.5, 0.6) is 0 Å². The highest BCUT2D eigenvalue weighted by atomic mass is 16.5. The highest BCUT2D eigenvalue weighted by molar-refractivity contribution is 5.46. The van der Waals surface area contributed by atoms with Crippen LogP contribution in [-0.2, 0) is 4.74 Å². The minimum absolute atomic E-state index is 0.0386. The maximum atomic E-state index is 9.11. The van der Waals surface area contributed by atoms with Crippen LogP contribution in [0.3, 0.4) is 0 Å². The van der Waals surface area contributed by atoms with Crippen molar-refractivity contribution < 1.29 is 9.84 Å². The molecule has 1 aliphatic rings. The van der Waals surface area contributed by atoms with Crippen LogP contribution < -0.4 is 4.90 Å². The van der Waals surface area contributed by atoms with Crippen molar-refractivity contribution in [2.45, 2.75) is 12.3 Å². The number of benzene rings is 1. The van der Waals surface area contributed by atoms with Crippen molar-refractivity contribution in [3.8, 4) is 0 Å². The average molecular weight is 236 g/mol. The zero-order chi connectivity index (χ0) is 12.4. The van der Waals surface area contributed by atoms with E-state index in [4.69, 9.17) is 9.84 Å². The Bertz CT molecular complexity index is 364. The Morgan fingerprint density at radius 2 is 2.00 bits per heavy atom. The molecule has 1 aromatic carbocycles. The Balaban J connectivity index is 2.12. The molecule has 2 rings (SSSR count). The second-order valence-electron chi connectivity index (χ2n) is 4.72. The summed E-state index contributed by atoms with van der Waals surface area (Å²) >= 11 is 0. The van der Waals surface area contributed by atoms with E-state index >= 15 is 0 Å². The molecule has 2 unspecified atom stereocenters. The smallest absolute Gasteiger partial charge is 0.137 e. The second kappa shape index (κ2) is 5.04. The third kappa shape index (κ3) is 2.60. The summed E-state index contributed by atoms with van der Waals surface area (Å²) in [4.78, 5) is 4.19. The minimum atomic E-state index is -0.0708. The fourth-order valence-electron chi connectivity index (χ4n) is 2.12. The average Bonchev–Trinajstić information content (AvgIpc) is 2.71. The van der Waals surface area contributed by atoms with Crippen LogP contribution in [0.2, 0.25) is 0 Å². The maximum absolute atomic E-state index is 9.11. The van der Waals surface area contributed by atoms with Crippen molar-refractivity contribution in [3.05, 3.63) is 29.8 Å². The quantitative estimate of drug-likeness (QED) is 0.851. The molecule has 0 spiro atoms. The Labute approximate surface area is 102 Å². The first-order valence-electron chi connectivity index (χ1n) is 5.85. The molecule has 4 heteroatoms. The first-order valence-corrected chi connectivity index (χ1v) is 5.85. The summed E-state index contributed by atoms with van der Waals surface area (Å²) in [6.07, 6.45) is -0.109. The predicted octanol–water partition coefficient (Wildman–Crippen LogP) is 1.07. The van der Waals surface area contributed by atoms with Crippen LogP contribution in [-0.4, -0.2) is 50.4 Å². The number of aliphatic hydroxyl groups excluding tert-OH is 1. The van der Waals surface area contributed by atoms with Gasteiger partial charge < -0.3 is 14.7 Å². The van der Waals surface area contributed by atoms with Gasteiger partial charge in [-0.05, 0) is 24.7 Å². The molecule has 1 fully saturated rings. The van der Waals surface area contributed by atoms with Gasteiger partial charge in [0.1, 0.15) is 6.23 Å². The van der Waals surface area contributed by atoms with Crippen LogP contribution in [0, 0.1) is 0 Å². The predicted molar refractivity (Wildman–Crippen MR) is 68.1 cm³/mol. The highest BCUT2D eigenvalue weighted by Gasteiger charge is 2.30. The Kier molecular flexibility index (Phi) is 3.66. The van der Waals surface area contributed by atoms with Gasteiger partial charge in [0.05, 0.1) is 12.7 Å². The standard InChI is InChI=1S/C13H20N2O2/c1-14(2)11-6-4-10(5-7-11)13-15(3)8-12(9-16)17-13/h4-7,12-13,16H,8-9H2,1-3H3. The lowest BCUT2D eigenvalue weighted by molar-refractivity contribution is -0.0138. The zero-order valence-corrected chi connectivity index (χ0v) is 10.6. The maximum Gasteiger partial charge on any atom is 0.137 e. The number of anilines is 1. The van der Waals surface area contributed by atoms with Crippen molar-refractivity contribution in [2.24, 2.45) is 0 Å². The van der Waals surface area contributed by atoms with Gasteiger partial charge in [-0.3, -0.25) is 4.90 Å². The number of rotatable bonds is 3. The Morgan fingerprint density at radius 3 is 2.47 bits per heavy atom. The van der Waals surface area contributed by atoms with E-state index in [0.717, 1.165) is 12.1 Å². The molecular weight excluding hydrogens is 216 g/mol. The summed E-state index contributed by atoms with van der Waals surface area (Å²) in [5.74, 6) is 0. The fraction of sp³-hybridized carbons (Fsp3) is 0.538. The topological polar surface area (TPSA) is 35.9 Å². The molecule has 0 amide bonds. The van der Waals surface area contributed by atoms with Crippen molar-refractivity contribution >= 4 is 5.69 Å². The largest absolute Gasteiger partial charge is 0.394 e. The molecule has 2 atom stereocenters. The van der Waals surface area contributed by atoms with Crippen LogP contribution in [0.15, 0.2) is 24.3 Å². The Morgan fingerprint density at radius 1 is 1.35 bits per heavy atom. The molecule has 0 radical (unpaired) electrons. The summed E-state index contributed by atoms with van der Waals surface area (Å²) < 4.78 is 5.77. The van der Waals surface area contributed by atoms with Crippen LogP contribution >= 0.6 is 0 Å². The normalized spacial score (nSPS) is 25.2. The first-order chi connectivity index (χ1) is 8.11. The molecule has 0 bridgehead atoms. The van der Waals surface area contributed by atoms with E-state index in [9.17, 15) is 0 Å². The zero-order valence-electron chi connectivity index (χ0n) is 10.6. The minimum Gasteiger partial charge on any atom is -0.394 e. The van der Waals surface area contributed by atoms with Gasteiger partial charge in [0.2, 0.25) is 0 Å². The van der Waals surface area contributed by atoms with Crippen LogP contribution in [0.1, 0.15) is 11.8 Å². The van der Waals surface area contributed by atoms with Gasteiger partial charge in [-0.15, -0.1) is 0 Å². The van der Waals surface area contributed by atoms with Crippen LogP contribution in [0.4, 0.5) is 5.69 Å². The summed E-state index contributed by atoms with van der Waals surface area (Å²) in [5.41, 5.74) is 2.31. The Hall–Kier alpha value is -1.10. The van der Waals surface area contributed by atoms with Gasteiger partial charge >= 0.3 is 0 Å². The lowest BCUT2D eigenvalue weighted by atomic mass is 10.1. The molecule has 1 heterocycles. The van der Waals surface area contributed by atoms with Gasteiger partial charge in [-0.25, -0.2) is 0 Å². The molecule has 0 aromatic heterocycles. The van der Waals surface area contributed by atoms with Gasteiger partial charge in [0, 0.05) is 26.3 Å². The van der Waals surface area contributed by atoms with E-state index in [-0.39, 0.29) is 18.9 Å². The lowest BCUT2D eigenvalue weighted by Crippen LogP contribution is -2.20. The second-order valence-corrected chi connectivity index (χ2v) is 4.72. The summed E-state index contributed by atoms with van der Waals surface area (Å²) in [5, 5.41) is 9.11. The van der Waals surface area contributed by atoms with E-state index in [2.05, 4.69) is 34.1 Å². The number of hydrogen-bond acceptors (Lipinski definition) is 4. The van der Waals surface area contributed by atoms with Crippen molar-refractivity contribution in [3.63, 3.8) is 0 Å². The first kappa shape index (κ1) is 12.4. The third-order valence-corrected chi connectivity index (χ3v) is 3.11. The molecule has 4 nitrogen and oxygen atoms in total. The molecule has 1 aromatic rings. The number of nitrogens with zero attached hydrogens (tertiary/aromatic N) is 2. The monoisotopic (exact) mass is 236 g/mol. The van der Waals surface area contributed by atoms with E-state index in [0.29, 0.717) is 0 Å². The number of ether oxygens (including phenoxy) is 1. The van der Waals surface area contributed by atoms with E-state index in [1.807, 2.05) is 21.1 Å². The third-order valence-electron chi connectivity index (χ3n) is 3.11. The molecule has 94 valence electrons. The number of likely N-dealkylation sites (N-methyl/N-ethyl adjacent to an activating group) is 1. The fourth-order valence-corrected chi connectivity index (χ4v) is 2.12. The van der Waals surface area contributed by atoms with Gasteiger partial charge in [0.15, 0.2) is 0 Å². The molecular formula is C13H20N2O2. The van der Waals surface area contributed by atoms with E-state index in [1.54, 1.807) is 0 Å². The van der Waals surface area contributed by atoms with Gasteiger partial charge in [0.25, 0.3) is 0 Å². The van der Waals surface area contributed by atoms with Crippen molar-refractivity contribution in [1.29, 1.82) is 0 Å². The SMILES string of the molecule is CN(C)c1ccc(C2OC(CO)CN2C)cc1. The van der Waals surface area contributed by atoms with Crippen molar-refractivity contribution in [2.75, 3.05) is 39.2 Å². The van der Waals surface area contributed by atoms with Gasteiger partial charge in [-0.2, -0.15) is 0 Å². The lowest BCUT2D eigenvalue weighted by Gasteiger charge is -2.19. The van der Waals surface area contributed by atoms with Gasteiger partial charge in [-0.1, -0.05) is 12.1 Å². The summed E-state index contributed by atoms with van der Waals surface area (Å²) in [6, 6.07) is 8.32. The van der Waals surface area contributed by atoms with E-state index in [1.165, 1.54) is 5.69 Å². The van der Waals surface area contributed by atoms with E-state index < -0.39 is 0 Å². The molecule has 1 aliphatic heterocycles. The molecule has 0 saturated carbocycles. The summed E-state index contributed by atoms with van der Waals surface area (Å²) in [7, 11) is 6.06. The molecule has 1 saturated heterocycles. The summed E-state index contributed by atoms with van der Waals surface area (Å²) in [6.45, 7) is 0.854. The molecule has 0 aliphatic carbocycles. The molecule has 1 N–H and O–H groups in total. The number of hydrogen-bond donors (Lipinski definition) is 1. The highest BCUT2D eigenvalue weighted by Crippen LogP contribution is 2.29. The molecule has 17 heavy (non-hydrogen) atoms. The number of aliphatic hydroxyl groups is 1.